The number of nitrogens with zero attached hydrogens (tertiary/aromatic N) is 4. The summed E-state index contributed by atoms with van der Waals surface area (Å²) in [5.41, 5.74) is 11.3. The fourth-order valence-electron chi connectivity index (χ4n) is 6.39. The summed E-state index contributed by atoms with van der Waals surface area (Å²) in [5, 5.41) is 0.963. The van der Waals surface area contributed by atoms with E-state index in [9.17, 15) is 0 Å². The van der Waals surface area contributed by atoms with Gasteiger partial charge in [-0.1, -0.05) is 6.07 Å². The van der Waals surface area contributed by atoms with Crippen LogP contribution >= 0.6 is 11.8 Å². The number of imidazole rings is 1. The van der Waals surface area contributed by atoms with Crippen molar-refractivity contribution in [2.75, 3.05) is 4.90 Å². The van der Waals surface area contributed by atoms with Crippen LogP contribution in [0.3, 0.4) is 0 Å². The second kappa shape index (κ2) is 13.7. The monoisotopic (exact) mass is 831 g/mol. The van der Waals surface area contributed by atoms with E-state index in [4.69, 9.17) is 0 Å². The number of aryl methyl sites for hydroxylation is 1. The number of anilines is 3. The molecule has 6 aromatic carbocycles. The quantitative estimate of drug-likeness (QED) is 0.153. The van der Waals surface area contributed by atoms with Crippen LogP contribution in [-0.4, -0.2) is 14.1 Å². The Morgan fingerprint density at radius 2 is 1.16 bits per heavy atom. The third-order valence-electron chi connectivity index (χ3n) is 8.62. The Labute approximate surface area is 301 Å². The zero-order valence-electron chi connectivity index (χ0n) is 26.8. The molecular weight excluding hydrogens is 800 g/mol. The van der Waals surface area contributed by atoms with Gasteiger partial charge in [0.05, 0.1) is 0 Å². The number of benzene rings is 6. The number of fused-ring (bicyclic) bond motifs is 1. The van der Waals surface area contributed by atoms with Crippen molar-refractivity contribution in [3.05, 3.63) is 180 Å². The molecule has 49 heavy (non-hydrogen) atoms. The molecule has 0 saturated heterocycles. The molecule has 0 atom stereocenters. The van der Waals surface area contributed by atoms with Crippen LogP contribution in [0.1, 0.15) is 0 Å². The summed E-state index contributed by atoms with van der Waals surface area (Å²) in [5.74, 6) is 0. The van der Waals surface area contributed by atoms with Gasteiger partial charge in [-0.15, -0.1) is 0 Å². The van der Waals surface area contributed by atoms with Crippen LogP contribution < -0.4 is 4.90 Å². The molecule has 4 nitrogen and oxygen atoms in total. The molecule has 0 N–H and O–H groups in total. The minimum atomic E-state index is 0.963. The fraction of sp³-hybridized carbons (Fsp3) is 0.0233. The molecule has 0 aliphatic heterocycles. The number of hydrogen-bond donors (Lipinski definition) is 0. The van der Waals surface area contributed by atoms with Crippen LogP contribution in [0.15, 0.2) is 186 Å². The number of para-hydroxylation sites is 3. The average Bonchev–Trinajstić information content (AvgIpc) is 3.42. The summed E-state index contributed by atoms with van der Waals surface area (Å²) in [7, 11) is 2.13. The molecule has 0 unspecified atom stereocenters. The summed E-state index contributed by atoms with van der Waals surface area (Å²) in [6.45, 7) is 0. The van der Waals surface area contributed by atoms with Gasteiger partial charge < -0.3 is 0 Å². The topological polar surface area (TPSA) is 26.0 Å². The molecule has 8 aromatic rings. The SMILES string of the molecule is Cn1[c](=[Pt])n(-c2cccc(N(c3cccc(Sc4ccccn4)c3)c3c(-c4ccccc4)cccc3-c3ccccc3)c2)c2ccccc21. The molecule has 240 valence electrons. The molecule has 0 bridgehead atoms. The predicted molar refractivity (Wildman–Crippen MR) is 199 cm³/mol. The first kappa shape index (κ1) is 31.1. The van der Waals surface area contributed by atoms with Crippen molar-refractivity contribution in [2.24, 2.45) is 7.05 Å². The van der Waals surface area contributed by atoms with Crippen molar-refractivity contribution in [3.63, 3.8) is 0 Å². The minimum absolute atomic E-state index is 0.963. The Bertz CT molecular complexity index is 2400. The van der Waals surface area contributed by atoms with Crippen molar-refractivity contribution >= 4 is 39.9 Å². The fourth-order valence-corrected chi connectivity index (χ4v) is 8.06. The van der Waals surface area contributed by atoms with Crippen molar-refractivity contribution in [2.45, 2.75) is 9.92 Å². The van der Waals surface area contributed by atoms with Crippen molar-refractivity contribution in [3.8, 4) is 27.9 Å². The third-order valence-corrected chi connectivity index (χ3v) is 10.8. The van der Waals surface area contributed by atoms with Crippen molar-refractivity contribution < 1.29 is 19.4 Å². The maximum absolute atomic E-state index is 4.60. The van der Waals surface area contributed by atoms with E-state index in [-0.39, 0.29) is 0 Å². The van der Waals surface area contributed by atoms with Crippen LogP contribution in [0.25, 0.3) is 39.0 Å². The van der Waals surface area contributed by atoms with Crippen LogP contribution in [0.4, 0.5) is 17.1 Å². The maximum atomic E-state index is 4.60. The molecule has 0 saturated carbocycles. The van der Waals surface area contributed by atoms with E-state index >= 15 is 0 Å². The van der Waals surface area contributed by atoms with Crippen molar-refractivity contribution in [1.82, 2.24) is 14.1 Å². The average molecular weight is 832 g/mol. The summed E-state index contributed by atoms with van der Waals surface area (Å²) >= 11 is 4.11. The number of rotatable bonds is 8. The third kappa shape index (κ3) is 6.12. The van der Waals surface area contributed by atoms with Gasteiger partial charge in [-0.05, 0) is 6.07 Å². The zero-order chi connectivity index (χ0) is 33.2. The van der Waals surface area contributed by atoms with Crippen LogP contribution in [0, 0.1) is 3.80 Å². The molecule has 0 spiro atoms. The molecule has 0 amide bonds. The molecule has 0 fully saturated rings. The van der Waals surface area contributed by atoms with Crippen molar-refractivity contribution in [1.29, 1.82) is 0 Å². The molecule has 8 rings (SSSR count). The van der Waals surface area contributed by atoms with E-state index < -0.39 is 0 Å². The van der Waals surface area contributed by atoms with E-state index in [2.05, 4.69) is 203 Å². The molecule has 0 aliphatic rings. The van der Waals surface area contributed by atoms with Gasteiger partial charge in [-0.3, -0.25) is 0 Å². The van der Waals surface area contributed by atoms with Gasteiger partial charge in [-0.25, -0.2) is 0 Å². The van der Waals surface area contributed by atoms with Gasteiger partial charge in [0.1, 0.15) is 0 Å². The summed E-state index contributed by atoms with van der Waals surface area (Å²) in [6.07, 6.45) is 1.85. The van der Waals surface area contributed by atoms with Gasteiger partial charge in [0.15, 0.2) is 0 Å². The van der Waals surface area contributed by atoms with Gasteiger partial charge in [0.2, 0.25) is 0 Å². The number of pyridine rings is 1. The van der Waals surface area contributed by atoms with Crippen LogP contribution in [0.5, 0.6) is 0 Å². The first-order valence-electron chi connectivity index (χ1n) is 16.1. The van der Waals surface area contributed by atoms with Gasteiger partial charge in [0, 0.05) is 6.20 Å². The second-order valence-corrected chi connectivity index (χ2v) is 13.8. The van der Waals surface area contributed by atoms with Crippen LogP contribution in [-0.2, 0) is 26.4 Å². The summed E-state index contributed by atoms with van der Waals surface area (Å²) in [6, 6.07) is 60.4. The first-order valence-corrected chi connectivity index (χ1v) is 18.1. The normalized spacial score (nSPS) is 11.2. The molecule has 0 radical (unpaired) electrons. The van der Waals surface area contributed by atoms with E-state index in [1.807, 2.05) is 18.3 Å². The van der Waals surface area contributed by atoms with E-state index in [1.54, 1.807) is 11.8 Å². The van der Waals surface area contributed by atoms with Crippen LogP contribution in [0.2, 0.25) is 0 Å². The van der Waals surface area contributed by atoms with Gasteiger partial charge >= 0.3 is 285 Å². The molecule has 2 heterocycles. The summed E-state index contributed by atoms with van der Waals surface area (Å²) in [4.78, 5) is 8.14. The molecule has 2 aromatic heterocycles. The van der Waals surface area contributed by atoms with E-state index in [1.165, 1.54) is 11.0 Å². The Hall–Kier alpha value is -5.22. The van der Waals surface area contributed by atoms with E-state index in [0.29, 0.717) is 0 Å². The van der Waals surface area contributed by atoms with Gasteiger partial charge in [-0.2, -0.15) is 0 Å². The molecular formula is C43H32N4PtS. The Balaban J connectivity index is 1.40. The predicted octanol–water partition coefficient (Wildman–Crippen LogP) is 11.4. The second-order valence-electron chi connectivity index (χ2n) is 11.7. The Morgan fingerprint density at radius 3 is 1.84 bits per heavy atom. The van der Waals surface area contributed by atoms with Gasteiger partial charge in [0.25, 0.3) is 0 Å². The zero-order valence-corrected chi connectivity index (χ0v) is 29.8. The molecule has 6 heteroatoms. The Kier molecular flexibility index (Phi) is 8.70. The number of aromatic nitrogens is 3. The Morgan fingerprint density at radius 1 is 0.571 bits per heavy atom. The first-order chi connectivity index (χ1) is 24.2. The molecule has 0 aliphatic carbocycles. The number of hydrogen-bond acceptors (Lipinski definition) is 3. The van der Waals surface area contributed by atoms with E-state index in [0.717, 1.165) is 58.7 Å². The standard InChI is InChI=1S/C43H32N4S.Pt/c1-45-31-46(41-26-9-8-25-40(41)45)34-19-12-20-35(29-34)47(36-21-13-22-37(30-36)48-42-27-10-11-28-44-42)43-38(32-15-4-2-5-16-32)23-14-24-39(43)33-17-6-3-7-18-33;/h2-30H,1H3;. The summed E-state index contributed by atoms with van der Waals surface area (Å²) < 4.78 is 5.72.